The van der Waals surface area contributed by atoms with Gasteiger partial charge in [-0.1, -0.05) is 19.8 Å². The fraction of sp³-hybridized carbons (Fsp3) is 0.765. The number of hydrogen-bond donors (Lipinski definition) is 3. The molecule has 0 spiro atoms. The summed E-state index contributed by atoms with van der Waals surface area (Å²) in [5.74, 6) is -1.79. The van der Waals surface area contributed by atoms with Crippen LogP contribution in [-0.2, 0) is 23.9 Å². The number of carbonyl (C=O) groups is 4. The van der Waals surface area contributed by atoms with Gasteiger partial charge >= 0.3 is 12.1 Å². The van der Waals surface area contributed by atoms with E-state index >= 15 is 0 Å². The Morgan fingerprint density at radius 3 is 2.12 bits per heavy atom. The molecule has 4 N–H and O–H groups in total. The number of carbonyl (C=O) groups excluding carboxylic acids is 4. The maximum Gasteiger partial charge on any atom is 0.408 e. The van der Waals surface area contributed by atoms with Crippen molar-refractivity contribution in [2.75, 3.05) is 7.11 Å². The first kappa shape index (κ1) is 23.7. The molecular weight excluding hydrogens is 342 g/mol. The SMILES string of the molecule is CCCC[C@H](NC(=O)[C@H](CCC(N)=O)NC(=O)OC(C)(C)C)C(=O)OC. The van der Waals surface area contributed by atoms with Crippen molar-refractivity contribution in [1.29, 1.82) is 0 Å². The molecule has 0 aliphatic rings. The summed E-state index contributed by atoms with van der Waals surface area (Å²) in [6, 6.07) is -1.89. The van der Waals surface area contributed by atoms with Gasteiger partial charge in [-0.15, -0.1) is 0 Å². The number of alkyl carbamates (subject to hydrolysis) is 1. The first-order valence-corrected chi connectivity index (χ1v) is 8.66. The van der Waals surface area contributed by atoms with E-state index in [4.69, 9.17) is 15.2 Å². The molecule has 9 heteroatoms. The highest BCUT2D eigenvalue weighted by Gasteiger charge is 2.28. The Kier molecular flexibility index (Phi) is 10.3. The lowest BCUT2D eigenvalue weighted by Gasteiger charge is -2.24. The molecule has 0 saturated carbocycles. The molecule has 0 bridgehead atoms. The monoisotopic (exact) mass is 373 g/mol. The van der Waals surface area contributed by atoms with Gasteiger partial charge in [0.25, 0.3) is 0 Å². The third kappa shape index (κ3) is 10.5. The van der Waals surface area contributed by atoms with Crippen molar-refractivity contribution in [2.45, 2.75) is 77.5 Å². The molecule has 0 fully saturated rings. The van der Waals surface area contributed by atoms with Crippen LogP contribution in [0.25, 0.3) is 0 Å². The fourth-order valence-electron chi connectivity index (χ4n) is 2.08. The average molecular weight is 373 g/mol. The molecule has 0 saturated heterocycles. The summed E-state index contributed by atoms with van der Waals surface area (Å²) >= 11 is 0. The van der Waals surface area contributed by atoms with Gasteiger partial charge in [-0.05, 0) is 33.6 Å². The second-order valence-corrected chi connectivity index (χ2v) is 6.93. The fourth-order valence-corrected chi connectivity index (χ4v) is 2.08. The number of methoxy groups -OCH3 is 1. The van der Waals surface area contributed by atoms with E-state index in [1.807, 2.05) is 6.92 Å². The molecule has 0 aromatic rings. The Morgan fingerprint density at radius 2 is 1.65 bits per heavy atom. The van der Waals surface area contributed by atoms with Crippen molar-refractivity contribution >= 4 is 23.9 Å². The smallest absolute Gasteiger partial charge is 0.408 e. The molecule has 0 unspecified atom stereocenters. The van der Waals surface area contributed by atoms with Crippen molar-refractivity contribution in [1.82, 2.24) is 10.6 Å². The number of unbranched alkanes of at least 4 members (excludes halogenated alkanes) is 1. The number of hydrogen-bond acceptors (Lipinski definition) is 6. The summed E-state index contributed by atoms with van der Waals surface area (Å²) in [6.07, 6.45) is 1.04. The number of amides is 3. The first-order valence-electron chi connectivity index (χ1n) is 8.66. The van der Waals surface area contributed by atoms with Gasteiger partial charge < -0.3 is 25.8 Å². The molecule has 0 heterocycles. The van der Waals surface area contributed by atoms with Gasteiger partial charge in [0.1, 0.15) is 17.7 Å². The van der Waals surface area contributed by atoms with Crippen LogP contribution in [0, 0.1) is 0 Å². The number of primary amides is 1. The maximum absolute atomic E-state index is 12.5. The molecule has 0 aromatic heterocycles. The third-order valence-corrected chi connectivity index (χ3v) is 3.34. The van der Waals surface area contributed by atoms with E-state index in [0.717, 1.165) is 6.42 Å². The quantitative estimate of drug-likeness (QED) is 0.488. The minimum Gasteiger partial charge on any atom is -0.467 e. The number of ether oxygens (including phenoxy) is 2. The van der Waals surface area contributed by atoms with Crippen molar-refractivity contribution in [3.8, 4) is 0 Å². The zero-order valence-electron chi connectivity index (χ0n) is 16.2. The van der Waals surface area contributed by atoms with Crippen LogP contribution in [0.5, 0.6) is 0 Å². The average Bonchev–Trinajstić information content (AvgIpc) is 2.52. The van der Waals surface area contributed by atoms with Crippen molar-refractivity contribution in [3.05, 3.63) is 0 Å². The summed E-state index contributed by atoms with van der Waals surface area (Å²) in [7, 11) is 1.23. The van der Waals surface area contributed by atoms with E-state index < -0.39 is 41.6 Å². The van der Waals surface area contributed by atoms with Crippen LogP contribution in [-0.4, -0.2) is 48.7 Å². The predicted molar refractivity (Wildman–Crippen MR) is 95.1 cm³/mol. The first-order chi connectivity index (χ1) is 12.0. The van der Waals surface area contributed by atoms with Crippen LogP contribution in [0.15, 0.2) is 0 Å². The van der Waals surface area contributed by atoms with E-state index in [1.54, 1.807) is 20.8 Å². The van der Waals surface area contributed by atoms with E-state index in [-0.39, 0.29) is 12.8 Å². The minimum atomic E-state index is -1.06. The molecule has 150 valence electrons. The summed E-state index contributed by atoms with van der Waals surface area (Å²) in [6.45, 7) is 7.01. The number of esters is 1. The van der Waals surface area contributed by atoms with Crippen LogP contribution in [0.3, 0.4) is 0 Å². The summed E-state index contributed by atoms with van der Waals surface area (Å²) < 4.78 is 9.82. The van der Waals surface area contributed by atoms with Crippen molar-refractivity contribution < 1.29 is 28.7 Å². The Hall–Kier alpha value is -2.32. The van der Waals surface area contributed by atoms with E-state index in [9.17, 15) is 19.2 Å². The van der Waals surface area contributed by atoms with Crippen LogP contribution in [0.1, 0.15) is 59.8 Å². The molecular formula is C17H31N3O6. The van der Waals surface area contributed by atoms with Gasteiger partial charge in [0.15, 0.2) is 0 Å². The molecule has 0 radical (unpaired) electrons. The second-order valence-electron chi connectivity index (χ2n) is 6.93. The Balaban J connectivity index is 5.07. The largest absolute Gasteiger partial charge is 0.467 e. The summed E-state index contributed by atoms with van der Waals surface area (Å²) in [5.41, 5.74) is 4.38. The van der Waals surface area contributed by atoms with Crippen LogP contribution in [0.4, 0.5) is 4.79 Å². The lowest BCUT2D eigenvalue weighted by atomic mass is 10.1. The summed E-state index contributed by atoms with van der Waals surface area (Å²) in [5, 5.41) is 4.97. The van der Waals surface area contributed by atoms with Gasteiger partial charge in [0.05, 0.1) is 7.11 Å². The highest BCUT2D eigenvalue weighted by molar-refractivity contribution is 5.90. The van der Waals surface area contributed by atoms with Gasteiger partial charge in [-0.25, -0.2) is 9.59 Å². The van der Waals surface area contributed by atoms with Crippen molar-refractivity contribution in [3.63, 3.8) is 0 Å². The van der Waals surface area contributed by atoms with E-state index in [0.29, 0.717) is 12.8 Å². The normalized spacial score (nSPS) is 13.3. The van der Waals surface area contributed by atoms with Gasteiger partial charge in [-0.3, -0.25) is 9.59 Å². The topological polar surface area (TPSA) is 137 Å². The molecule has 3 amide bonds. The Bertz CT molecular complexity index is 501. The highest BCUT2D eigenvalue weighted by atomic mass is 16.6. The van der Waals surface area contributed by atoms with E-state index in [2.05, 4.69) is 10.6 Å². The summed E-state index contributed by atoms with van der Waals surface area (Å²) in [4.78, 5) is 47.3. The maximum atomic E-state index is 12.5. The molecule has 0 aromatic carbocycles. The minimum absolute atomic E-state index is 0.0118. The van der Waals surface area contributed by atoms with Crippen LogP contribution < -0.4 is 16.4 Å². The Labute approximate surface area is 154 Å². The Morgan fingerprint density at radius 1 is 1.04 bits per heavy atom. The van der Waals surface area contributed by atoms with Gasteiger partial charge in [-0.2, -0.15) is 0 Å². The number of rotatable bonds is 10. The number of nitrogens with one attached hydrogen (secondary N) is 2. The molecule has 2 atom stereocenters. The van der Waals surface area contributed by atoms with Gasteiger partial charge in [0.2, 0.25) is 11.8 Å². The lowest BCUT2D eigenvalue weighted by molar-refractivity contribution is -0.145. The molecule has 26 heavy (non-hydrogen) atoms. The number of nitrogens with two attached hydrogens (primary N) is 1. The van der Waals surface area contributed by atoms with Gasteiger partial charge in [0, 0.05) is 6.42 Å². The zero-order chi connectivity index (χ0) is 20.3. The highest BCUT2D eigenvalue weighted by Crippen LogP contribution is 2.09. The predicted octanol–water partition coefficient (Wildman–Crippen LogP) is 0.993. The van der Waals surface area contributed by atoms with Crippen LogP contribution in [0.2, 0.25) is 0 Å². The standard InChI is InChI=1S/C17H31N3O6/c1-6-7-8-12(15(23)25-5)19-14(22)11(9-10-13(18)21)20-16(24)26-17(2,3)4/h11-12H,6-10H2,1-5H3,(H2,18,21)(H,19,22)(H,20,24)/t11-,12-/m0/s1. The van der Waals surface area contributed by atoms with Crippen LogP contribution >= 0.6 is 0 Å². The second kappa shape index (κ2) is 11.3. The lowest BCUT2D eigenvalue weighted by Crippen LogP contribution is -2.52. The molecule has 0 aliphatic heterocycles. The van der Waals surface area contributed by atoms with E-state index in [1.165, 1.54) is 7.11 Å². The molecule has 0 rings (SSSR count). The zero-order valence-corrected chi connectivity index (χ0v) is 16.2. The van der Waals surface area contributed by atoms with Crippen molar-refractivity contribution in [2.24, 2.45) is 5.73 Å². The third-order valence-electron chi connectivity index (χ3n) is 3.34. The molecule has 0 aliphatic carbocycles. The molecule has 9 nitrogen and oxygen atoms in total.